The summed E-state index contributed by atoms with van der Waals surface area (Å²) in [5, 5.41) is 0. The molecule has 35 heavy (non-hydrogen) atoms. The predicted octanol–water partition coefficient (Wildman–Crippen LogP) is 6.56. The fraction of sp³-hybridized carbons (Fsp3) is 0.444. The van der Waals surface area contributed by atoms with Crippen molar-refractivity contribution in [2.75, 3.05) is 6.61 Å². The number of alkyl halides is 1. The summed E-state index contributed by atoms with van der Waals surface area (Å²) in [6.45, 7) is 2.74. The second-order valence-electron chi connectivity index (χ2n) is 9.56. The molecular weight excluding hydrogens is 553 g/mol. The number of H-pyrrole nitrogens is 1. The van der Waals surface area contributed by atoms with Gasteiger partial charge in [-0.1, -0.05) is 54.8 Å². The van der Waals surface area contributed by atoms with E-state index in [1.54, 1.807) is 6.33 Å². The zero-order valence-electron chi connectivity index (χ0n) is 20.1. The van der Waals surface area contributed by atoms with Crippen molar-refractivity contribution in [3.8, 4) is 16.9 Å². The summed E-state index contributed by atoms with van der Waals surface area (Å²) in [6.07, 6.45) is 13.1. The zero-order chi connectivity index (χ0) is 24.4. The van der Waals surface area contributed by atoms with Crippen molar-refractivity contribution in [2.24, 2.45) is 5.73 Å². The Hall–Kier alpha value is -2.62. The van der Waals surface area contributed by atoms with Gasteiger partial charge in [0.05, 0.1) is 41.3 Å². The number of aromatic nitrogens is 4. The highest BCUT2D eigenvalue weighted by atomic mass is 127. The minimum atomic E-state index is -0.525. The number of hydrogen-bond acceptors (Lipinski definition) is 4. The largest absolute Gasteiger partial charge is 0.493 e. The number of nitrogens with one attached hydrogen (secondary N) is 1. The van der Waals surface area contributed by atoms with E-state index in [9.17, 15) is 4.79 Å². The van der Waals surface area contributed by atoms with E-state index in [4.69, 9.17) is 15.5 Å². The van der Waals surface area contributed by atoms with Crippen molar-refractivity contribution in [1.82, 2.24) is 19.5 Å². The van der Waals surface area contributed by atoms with E-state index in [0.717, 1.165) is 41.4 Å². The van der Waals surface area contributed by atoms with Crippen LogP contribution in [0.4, 0.5) is 0 Å². The van der Waals surface area contributed by atoms with Crippen LogP contribution in [-0.4, -0.2) is 36.0 Å². The minimum absolute atomic E-state index is 0.353. The number of aromatic amines is 1. The lowest BCUT2D eigenvalue weighted by atomic mass is 9.95. The van der Waals surface area contributed by atoms with Crippen molar-refractivity contribution < 1.29 is 9.53 Å². The Morgan fingerprint density at radius 1 is 1.23 bits per heavy atom. The molecule has 0 bridgehead atoms. The van der Waals surface area contributed by atoms with Crippen molar-refractivity contribution in [1.29, 1.82) is 0 Å². The maximum Gasteiger partial charge on any atom is 0.254 e. The summed E-state index contributed by atoms with van der Waals surface area (Å²) in [5.74, 6) is -0.0250. The van der Waals surface area contributed by atoms with Crippen LogP contribution in [0.1, 0.15) is 74.7 Å². The van der Waals surface area contributed by atoms with Crippen LogP contribution < -0.4 is 10.5 Å². The molecule has 1 atom stereocenters. The fourth-order valence-corrected chi connectivity index (χ4v) is 5.66. The molecule has 2 aromatic carbocycles. The topological polar surface area (TPSA) is 98.8 Å². The van der Waals surface area contributed by atoms with Crippen LogP contribution >= 0.6 is 22.6 Å². The number of rotatable bonds is 9. The molecule has 1 aliphatic rings. The van der Waals surface area contributed by atoms with Crippen LogP contribution in [0.2, 0.25) is 0 Å². The molecule has 5 rings (SSSR count). The van der Waals surface area contributed by atoms with E-state index in [1.807, 2.05) is 12.4 Å². The van der Waals surface area contributed by atoms with Gasteiger partial charge in [-0.15, -0.1) is 0 Å². The molecule has 0 spiro atoms. The van der Waals surface area contributed by atoms with Crippen LogP contribution in [0.5, 0.6) is 5.75 Å². The number of carbonyl (C=O) groups is 1. The number of amides is 1. The van der Waals surface area contributed by atoms with E-state index < -0.39 is 5.91 Å². The molecule has 0 radical (unpaired) electrons. The third-order valence-corrected chi connectivity index (χ3v) is 7.64. The van der Waals surface area contributed by atoms with Crippen LogP contribution in [-0.2, 0) is 0 Å². The lowest BCUT2D eigenvalue weighted by Gasteiger charge is -2.23. The molecular formula is C27H32IN5O2. The first-order chi connectivity index (χ1) is 17.0. The number of hydrogen-bond donors (Lipinski definition) is 2. The highest BCUT2D eigenvalue weighted by molar-refractivity contribution is 14.1. The molecule has 4 aromatic rings. The standard InChI is InChI=1S/C27H32IN5O2/c1-17(28)7-5-6-12-35-23-14-20(25-26(31-15-30-25)24(23)27(29)34)18-10-11-22-21(13-18)32-16-33(22)19-8-3-2-4-9-19/h10-11,13-17,19H,2-9,12H2,1H3,(H2,29,34)(H,30,31). The van der Waals surface area contributed by atoms with Crippen LogP contribution in [0.15, 0.2) is 36.9 Å². The van der Waals surface area contributed by atoms with Gasteiger partial charge in [-0.25, -0.2) is 9.97 Å². The lowest BCUT2D eigenvalue weighted by Crippen LogP contribution is -2.14. The lowest BCUT2D eigenvalue weighted by molar-refractivity contribution is 0.0998. The number of nitrogens with two attached hydrogens (primary N) is 1. The summed E-state index contributed by atoms with van der Waals surface area (Å²) in [4.78, 5) is 24.7. The molecule has 1 saturated carbocycles. The van der Waals surface area contributed by atoms with Crippen molar-refractivity contribution >= 4 is 50.6 Å². The number of halogens is 1. The molecule has 2 heterocycles. The normalized spacial score (nSPS) is 15.6. The third-order valence-electron chi connectivity index (χ3n) is 7.02. The number of fused-ring (bicyclic) bond motifs is 2. The number of unbranched alkanes of at least 4 members (excludes halogenated alkanes) is 1. The zero-order valence-corrected chi connectivity index (χ0v) is 22.3. The van der Waals surface area contributed by atoms with Gasteiger partial charge in [0.25, 0.3) is 5.91 Å². The number of nitrogens with zero attached hydrogens (tertiary/aromatic N) is 3. The van der Waals surface area contributed by atoms with Crippen molar-refractivity contribution in [2.45, 2.75) is 68.3 Å². The van der Waals surface area contributed by atoms with Gasteiger partial charge in [-0.3, -0.25) is 4.79 Å². The predicted molar refractivity (Wildman–Crippen MR) is 148 cm³/mol. The summed E-state index contributed by atoms with van der Waals surface area (Å²) < 4.78 is 9.09. The van der Waals surface area contributed by atoms with Gasteiger partial charge in [-0.2, -0.15) is 0 Å². The summed E-state index contributed by atoms with van der Waals surface area (Å²) in [7, 11) is 0. The monoisotopic (exact) mass is 585 g/mol. The summed E-state index contributed by atoms with van der Waals surface area (Å²) in [5.41, 5.74) is 11.4. The molecule has 1 fully saturated rings. The molecule has 3 N–H and O–H groups in total. The smallest absolute Gasteiger partial charge is 0.254 e. The second kappa shape index (κ2) is 10.6. The summed E-state index contributed by atoms with van der Waals surface area (Å²) in [6, 6.07) is 8.81. The number of primary amides is 1. The Balaban J connectivity index is 1.50. The second-order valence-corrected chi connectivity index (χ2v) is 11.7. The Morgan fingerprint density at radius 3 is 2.83 bits per heavy atom. The average Bonchev–Trinajstić information content (AvgIpc) is 3.50. The van der Waals surface area contributed by atoms with Gasteiger partial charge in [0.15, 0.2) is 0 Å². The van der Waals surface area contributed by atoms with E-state index in [2.05, 4.69) is 62.2 Å². The SMILES string of the molecule is CC(I)CCCCOc1cc(-c2ccc3c(c2)ncn3C2CCCCC2)c2nc[nH]c2c1C(N)=O. The highest BCUT2D eigenvalue weighted by Crippen LogP contribution is 2.37. The maximum absolute atomic E-state index is 12.4. The Kier molecular flexibility index (Phi) is 7.27. The first-order valence-corrected chi connectivity index (χ1v) is 13.8. The molecule has 2 aromatic heterocycles. The molecule has 0 aliphatic heterocycles. The molecule has 184 valence electrons. The molecule has 7 nitrogen and oxygen atoms in total. The third kappa shape index (κ3) is 5.03. The molecule has 0 saturated heterocycles. The average molecular weight is 585 g/mol. The van der Waals surface area contributed by atoms with Gasteiger partial charge >= 0.3 is 0 Å². The minimum Gasteiger partial charge on any atom is -0.493 e. The highest BCUT2D eigenvalue weighted by Gasteiger charge is 2.22. The van der Waals surface area contributed by atoms with Gasteiger partial charge in [0.2, 0.25) is 0 Å². The number of benzene rings is 2. The maximum atomic E-state index is 12.4. The van der Waals surface area contributed by atoms with Gasteiger partial charge < -0.3 is 20.0 Å². The Bertz CT molecular complexity index is 1340. The van der Waals surface area contributed by atoms with E-state index in [1.165, 1.54) is 32.1 Å². The van der Waals surface area contributed by atoms with Crippen LogP contribution in [0.25, 0.3) is 33.2 Å². The quantitative estimate of drug-likeness (QED) is 0.132. The number of imidazole rings is 2. The van der Waals surface area contributed by atoms with Crippen molar-refractivity contribution in [3.63, 3.8) is 0 Å². The van der Waals surface area contributed by atoms with Gasteiger partial charge in [-0.05, 0) is 55.9 Å². The van der Waals surface area contributed by atoms with Crippen LogP contribution in [0.3, 0.4) is 0 Å². The van der Waals surface area contributed by atoms with Crippen molar-refractivity contribution in [3.05, 3.63) is 42.5 Å². The summed E-state index contributed by atoms with van der Waals surface area (Å²) >= 11 is 2.44. The fourth-order valence-electron chi connectivity index (χ4n) is 5.22. The van der Waals surface area contributed by atoms with E-state index in [0.29, 0.717) is 38.9 Å². The first kappa shape index (κ1) is 24.1. The number of carbonyl (C=O) groups excluding carboxylic acids is 1. The molecule has 1 aliphatic carbocycles. The van der Waals surface area contributed by atoms with Crippen LogP contribution in [0, 0.1) is 0 Å². The van der Waals surface area contributed by atoms with E-state index in [-0.39, 0.29) is 0 Å². The Morgan fingerprint density at radius 2 is 2.06 bits per heavy atom. The molecule has 1 unspecified atom stereocenters. The number of ether oxygens (including phenoxy) is 1. The van der Waals surface area contributed by atoms with Gasteiger partial charge in [0.1, 0.15) is 11.3 Å². The molecule has 8 heteroatoms. The van der Waals surface area contributed by atoms with Gasteiger partial charge in [0, 0.05) is 15.5 Å². The van der Waals surface area contributed by atoms with E-state index >= 15 is 0 Å². The Labute approximate surface area is 219 Å². The first-order valence-electron chi connectivity index (χ1n) is 12.6. The molecule has 1 amide bonds.